The predicted octanol–water partition coefficient (Wildman–Crippen LogP) is 1.99. The van der Waals surface area contributed by atoms with E-state index >= 15 is 0 Å². The van der Waals surface area contributed by atoms with Gasteiger partial charge >= 0.3 is 0 Å². The highest BCUT2D eigenvalue weighted by molar-refractivity contribution is 6.29. The molecule has 2 rings (SSSR count). The average molecular weight is 242 g/mol. The summed E-state index contributed by atoms with van der Waals surface area (Å²) in [6.45, 7) is 4.13. The van der Waals surface area contributed by atoms with Crippen LogP contribution >= 0.6 is 11.6 Å². The lowest BCUT2D eigenvalue weighted by atomic mass is 9.95. The monoisotopic (exact) mass is 241 g/mol. The summed E-state index contributed by atoms with van der Waals surface area (Å²) >= 11 is 5.83. The fraction of sp³-hybridized carbons (Fsp3) is 0.636. The third kappa shape index (κ3) is 2.44. The number of ether oxygens (including phenoxy) is 1. The van der Waals surface area contributed by atoms with Gasteiger partial charge in [0.25, 0.3) is 0 Å². The quantitative estimate of drug-likeness (QED) is 0.794. The minimum absolute atomic E-state index is 0.278. The van der Waals surface area contributed by atoms with Crippen molar-refractivity contribution in [1.29, 1.82) is 0 Å². The molecule has 0 aromatic carbocycles. The van der Waals surface area contributed by atoms with Crippen molar-refractivity contribution in [3.8, 4) is 0 Å². The summed E-state index contributed by atoms with van der Waals surface area (Å²) in [7, 11) is 1.77. The number of hydrogen-bond acceptors (Lipinski definition) is 4. The molecular formula is C11H16ClN3O. The summed E-state index contributed by atoms with van der Waals surface area (Å²) in [4.78, 5) is 2.24. The van der Waals surface area contributed by atoms with E-state index < -0.39 is 0 Å². The summed E-state index contributed by atoms with van der Waals surface area (Å²) in [5.41, 5.74) is 1.02. The first-order chi connectivity index (χ1) is 7.70. The van der Waals surface area contributed by atoms with Crippen molar-refractivity contribution in [2.75, 3.05) is 25.1 Å². The van der Waals surface area contributed by atoms with Gasteiger partial charge in [0.2, 0.25) is 0 Å². The second-order valence-corrected chi connectivity index (χ2v) is 4.61. The Balaban J connectivity index is 2.11. The first-order valence-corrected chi connectivity index (χ1v) is 5.84. The zero-order valence-corrected chi connectivity index (χ0v) is 10.3. The van der Waals surface area contributed by atoms with Crippen molar-refractivity contribution in [1.82, 2.24) is 10.2 Å². The minimum atomic E-state index is 0.278. The van der Waals surface area contributed by atoms with Gasteiger partial charge in [0, 0.05) is 26.3 Å². The third-order valence-corrected chi connectivity index (χ3v) is 3.35. The van der Waals surface area contributed by atoms with Gasteiger partial charge in [-0.1, -0.05) is 18.5 Å². The number of hydrogen-bond donors (Lipinski definition) is 0. The predicted molar refractivity (Wildman–Crippen MR) is 63.8 cm³/mol. The average Bonchev–Trinajstić information content (AvgIpc) is 2.29. The number of rotatable bonds is 2. The Bertz CT molecular complexity index is 361. The second kappa shape index (κ2) is 4.97. The van der Waals surface area contributed by atoms with Crippen molar-refractivity contribution >= 4 is 17.3 Å². The van der Waals surface area contributed by atoms with E-state index in [9.17, 15) is 0 Å². The van der Waals surface area contributed by atoms with Gasteiger partial charge in [0.05, 0.1) is 18.0 Å². The molecule has 1 aromatic heterocycles. The van der Waals surface area contributed by atoms with Gasteiger partial charge in [-0.15, -0.1) is 5.10 Å². The number of aromatic nitrogens is 2. The lowest BCUT2D eigenvalue weighted by Gasteiger charge is -2.37. The lowest BCUT2D eigenvalue weighted by Crippen LogP contribution is -2.44. The van der Waals surface area contributed by atoms with Gasteiger partial charge in [0.1, 0.15) is 0 Å². The molecule has 1 saturated heterocycles. The van der Waals surface area contributed by atoms with Gasteiger partial charge in [-0.2, -0.15) is 5.10 Å². The van der Waals surface area contributed by atoms with E-state index in [4.69, 9.17) is 16.3 Å². The maximum Gasteiger partial charge on any atom is 0.153 e. The molecule has 0 radical (unpaired) electrons. The van der Waals surface area contributed by atoms with E-state index in [-0.39, 0.29) is 6.10 Å². The van der Waals surface area contributed by atoms with Crippen LogP contribution < -0.4 is 4.90 Å². The molecule has 2 heterocycles. The van der Waals surface area contributed by atoms with Gasteiger partial charge < -0.3 is 9.64 Å². The zero-order valence-electron chi connectivity index (χ0n) is 9.56. The standard InChI is InChI=1S/C11H16ClN3O/c1-8-3-4-15(7-10(8)16-2)9-5-11(12)14-13-6-9/h5-6,8,10H,3-4,7H2,1-2H3. The highest BCUT2D eigenvalue weighted by Gasteiger charge is 2.26. The van der Waals surface area contributed by atoms with Crippen LogP contribution in [0.2, 0.25) is 5.15 Å². The molecule has 4 nitrogen and oxygen atoms in total. The molecule has 1 aliphatic heterocycles. The lowest BCUT2D eigenvalue weighted by molar-refractivity contribution is 0.0498. The normalized spacial score (nSPS) is 25.8. The van der Waals surface area contributed by atoms with Crippen LogP contribution in [0.1, 0.15) is 13.3 Å². The summed E-state index contributed by atoms with van der Waals surface area (Å²) in [5, 5.41) is 8.05. The van der Waals surface area contributed by atoms with Crippen molar-refractivity contribution in [3.63, 3.8) is 0 Å². The van der Waals surface area contributed by atoms with Crippen LogP contribution in [0, 0.1) is 5.92 Å². The van der Waals surface area contributed by atoms with Crippen LogP contribution in [-0.2, 0) is 4.74 Å². The Morgan fingerprint density at radius 3 is 3.06 bits per heavy atom. The van der Waals surface area contributed by atoms with Crippen LogP contribution in [0.4, 0.5) is 5.69 Å². The first kappa shape index (κ1) is 11.6. The topological polar surface area (TPSA) is 38.2 Å². The van der Waals surface area contributed by atoms with Crippen molar-refractivity contribution in [2.45, 2.75) is 19.4 Å². The molecular weight excluding hydrogens is 226 g/mol. The molecule has 2 unspecified atom stereocenters. The smallest absolute Gasteiger partial charge is 0.153 e. The third-order valence-electron chi connectivity index (χ3n) is 3.17. The van der Waals surface area contributed by atoms with Crippen LogP contribution in [0.25, 0.3) is 0 Å². The van der Waals surface area contributed by atoms with Crippen molar-refractivity contribution in [2.24, 2.45) is 5.92 Å². The fourth-order valence-electron chi connectivity index (χ4n) is 2.08. The Kier molecular flexibility index (Phi) is 3.61. The molecule has 2 atom stereocenters. The van der Waals surface area contributed by atoms with Crippen LogP contribution in [0.15, 0.2) is 12.3 Å². The molecule has 0 bridgehead atoms. The van der Waals surface area contributed by atoms with Gasteiger partial charge in [-0.3, -0.25) is 0 Å². The highest BCUT2D eigenvalue weighted by Crippen LogP contribution is 2.25. The van der Waals surface area contributed by atoms with Gasteiger partial charge in [-0.25, -0.2) is 0 Å². The summed E-state index contributed by atoms with van der Waals surface area (Å²) in [5.74, 6) is 0.603. The molecule has 88 valence electrons. The Labute approximate surface area is 101 Å². The van der Waals surface area contributed by atoms with Crippen molar-refractivity contribution < 1.29 is 4.74 Å². The molecule has 0 aliphatic carbocycles. The Morgan fingerprint density at radius 1 is 1.56 bits per heavy atom. The van der Waals surface area contributed by atoms with E-state index in [2.05, 4.69) is 22.0 Å². The van der Waals surface area contributed by atoms with E-state index in [0.717, 1.165) is 25.2 Å². The highest BCUT2D eigenvalue weighted by atomic mass is 35.5. The SMILES string of the molecule is COC1CN(c2cnnc(Cl)c2)CCC1C. The Hall–Kier alpha value is -0.870. The van der Waals surface area contributed by atoms with Crippen molar-refractivity contribution in [3.05, 3.63) is 17.4 Å². The number of piperidine rings is 1. The van der Waals surface area contributed by atoms with E-state index in [1.54, 1.807) is 13.3 Å². The number of nitrogens with zero attached hydrogens (tertiary/aromatic N) is 3. The van der Waals surface area contributed by atoms with Crippen LogP contribution in [-0.4, -0.2) is 36.5 Å². The van der Waals surface area contributed by atoms with Crippen LogP contribution in [0.3, 0.4) is 0 Å². The molecule has 0 saturated carbocycles. The number of anilines is 1. The summed E-state index contributed by atoms with van der Waals surface area (Å²) in [6.07, 6.45) is 3.15. The van der Waals surface area contributed by atoms with E-state index in [1.165, 1.54) is 0 Å². The molecule has 1 aliphatic rings. The number of methoxy groups -OCH3 is 1. The zero-order chi connectivity index (χ0) is 11.5. The molecule has 16 heavy (non-hydrogen) atoms. The van der Waals surface area contributed by atoms with E-state index in [1.807, 2.05) is 6.07 Å². The second-order valence-electron chi connectivity index (χ2n) is 4.22. The molecule has 0 N–H and O–H groups in total. The molecule has 0 spiro atoms. The Morgan fingerprint density at radius 2 is 2.38 bits per heavy atom. The molecule has 5 heteroatoms. The molecule has 1 aromatic rings. The fourth-order valence-corrected chi connectivity index (χ4v) is 2.23. The molecule has 1 fully saturated rings. The summed E-state index contributed by atoms with van der Waals surface area (Å²) < 4.78 is 5.47. The van der Waals surface area contributed by atoms with E-state index in [0.29, 0.717) is 11.1 Å². The maximum atomic E-state index is 5.83. The van der Waals surface area contributed by atoms with Gasteiger partial charge in [-0.05, 0) is 12.3 Å². The largest absolute Gasteiger partial charge is 0.379 e. The number of halogens is 1. The maximum absolute atomic E-state index is 5.83. The molecule has 0 amide bonds. The summed E-state index contributed by atoms with van der Waals surface area (Å²) in [6, 6.07) is 1.84. The van der Waals surface area contributed by atoms with Gasteiger partial charge in [0.15, 0.2) is 5.15 Å². The first-order valence-electron chi connectivity index (χ1n) is 5.46. The van der Waals surface area contributed by atoms with Crippen LogP contribution in [0.5, 0.6) is 0 Å². The minimum Gasteiger partial charge on any atom is -0.379 e.